The highest BCUT2D eigenvalue weighted by Gasteiger charge is 2.23. The number of rotatable bonds is 3. The van der Waals surface area contributed by atoms with Crippen molar-refractivity contribution in [3.8, 4) is 0 Å². The summed E-state index contributed by atoms with van der Waals surface area (Å²) in [6.45, 7) is 1.07. The largest absolute Gasteiger partial charge is 0.480 e. The molecule has 1 aliphatic rings. The Kier molecular flexibility index (Phi) is 3.69. The van der Waals surface area contributed by atoms with E-state index in [9.17, 15) is 4.79 Å². The van der Waals surface area contributed by atoms with Crippen LogP contribution in [0, 0.1) is 0 Å². The number of piperidine rings is 1. The highest BCUT2D eigenvalue weighted by Crippen LogP contribution is 2.18. The van der Waals surface area contributed by atoms with E-state index in [0.717, 1.165) is 13.0 Å². The second kappa shape index (κ2) is 4.58. The number of nitrogens with zero attached hydrogens (tertiary/aromatic N) is 1. The SMILES string of the molecule is CN1CCCCC1C[C@@H](N)C(=O)O. The maximum absolute atomic E-state index is 10.5. The quantitative estimate of drug-likeness (QED) is 0.664. The summed E-state index contributed by atoms with van der Waals surface area (Å²) in [4.78, 5) is 12.8. The lowest BCUT2D eigenvalue weighted by Gasteiger charge is -2.33. The minimum atomic E-state index is -0.890. The zero-order chi connectivity index (χ0) is 9.84. The molecule has 3 N–H and O–H groups in total. The molecule has 0 saturated carbocycles. The molecule has 0 aromatic rings. The lowest BCUT2D eigenvalue weighted by molar-refractivity contribution is -0.139. The van der Waals surface area contributed by atoms with Crippen LogP contribution in [-0.4, -0.2) is 41.7 Å². The summed E-state index contributed by atoms with van der Waals surface area (Å²) >= 11 is 0. The van der Waals surface area contributed by atoms with Gasteiger partial charge in [0, 0.05) is 6.04 Å². The number of carbonyl (C=O) groups is 1. The lowest BCUT2D eigenvalue weighted by atomic mass is 9.97. The van der Waals surface area contributed by atoms with Gasteiger partial charge in [0.25, 0.3) is 0 Å². The van der Waals surface area contributed by atoms with Crippen LogP contribution in [-0.2, 0) is 4.79 Å². The van der Waals surface area contributed by atoms with E-state index in [1.54, 1.807) is 0 Å². The molecule has 2 atom stereocenters. The Hall–Kier alpha value is -0.610. The van der Waals surface area contributed by atoms with E-state index in [1.165, 1.54) is 12.8 Å². The zero-order valence-corrected chi connectivity index (χ0v) is 8.07. The Labute approximate surface area is 78.7 Å². The molecule has 13 heavy (non-hydrogen) atoms. The molecule has 0 bridgehead atoms. The number of hydrogen-bond acceptors (Lipinski definition) is 3. The van der Waals surface area contributed by atoms with E-state index < -0.39 is 12.0 Å². The number of carboxylic acid groups (broad SMARTS) is 1. The molecule has 0 spiro atoms. The Morgan fingerprint density at radius 1 is 1.69 bits per heavy atom. The third-order valence-corrected chi connectivity index (χ3v) is 2.76. The summed E-state index contributed by atoms with van der Waals surface area (Å²) in [6, 6.07) is -0.342. The van der Waals surface area contributed by atoms with Gasteiger partial charge in [0.05, 0.1) is 0 Å². The first-order valence-electron chi connectivity index (χ1n) is 4.80. The van der Waals surface area contributed by atoms with Gasteiger partial charge < -0.3 is 15.7 Å². The van der Waals surface area contributed by atoms with Crippen molar-refractivity contribution >= 4 is 5.97 Å². The van der Waals surface area contributed by atoms with Crippen molar-refractivity contribution in [3.63, 3.8) is 0 Å². The zero-order valence-electron chi connectivity index (χ0n) is 8.07. The van der Waals surface area contributed by atoms with Crippen LogP contribution in [0.4, 0.5) is 0 Å². The van der Waals surface area contributed by atoms with Crippen LogP contribution in [0.2, 0.25) is 0 Å². The highest BCUT2D eigenvalue weighted by molar-refractivity contribution is 5.73. The average molecular weight is 186 g/mol. The number of hydrogen-bond donors (Lipinski definition) is 2. The van der Waals surface area contributed by atoms with Crippen molar-refractivity contribution in [2.24, 2.45) is 5.73 Å². The van der Waals surface area contributed by atoms with Crippen molar-refractivity contribution in [2.45, 2.75) is 37.8 Å². The molecule has 1 heterocycles. The van der Waals surface area contributed by atoms with Gasteiger partial charge in [-0.05, 0) is 32.9 Å². The number of carboxylic acids is 1. The van der Waals surface area contributed by atoms with Gasteiger partial charge in [-0.25, -0.2) is 0 Å². The van der Waals surface area contributed by atoms with Gasteiger partial charge in [0.1, 0.15) is 6.04 Å². The second-order valence-corrected chi connectivity index (χ2v) is 3.81. The first kappa shape index (κ1) is 10.5. The Morgan fingerprint density at radius 2 is 2.38 bits per heavy atom. The van der Waals surface area contributed by atoms with Gasteiger partial charge in [-0.15, -0.1) is 0 Å². The molecular weight excluding hydrogens is 168 g/mol. The molecule has 0 amide bonds. The summed E-state index contributed by atoms with van der Waals surface area (Å²) in [5.74, 6) is -0.890. The van der Waals surface area contributed by atoms with Gasteiger partial charge in [-0.2, -0.15) is 0 Å². The van der Waals surface area contributed by atoms with Crippen LogP contribution in [0.5, 0.6) is 0 Å². The minimum absolute atomic E-state index is 0.361. The van der Waals surface area contributed by atoms with Gasteiger partial charge in [0.15, 0.2) is 0 Å². The average Bonchev–Trinajstić information content (AvgIpc) is 2.08. The second-order valence-electron chi connectivity index (χ2n) is 3.81. The fourth-order valence-electron chi connectivity index (χ4n) is 1.84. The molecule has 0 aromatic carbocycles. The smallest absolute Gasteiger partial charge is 0.320 e. The van der Waals surface area contributed by atoms with Crippen LogP contribution < -0.4 is 5.73 Å². The van der Waals surface area contributed by atoms with Gasteiger partial charge >= 0.3 is 5.97 Å². The van der Waals surface area contributed by atoms with E-state index in [4.69, 9.17) is 10.8 Å². The van der Waals surface area contributed by atoms with Crippen LogP contribution in [0.25, 0.3) is 0 Å². The van der Waals surface area contributed by atoms with Crippen LogP contribution >= 0.6 is 0 Å². The van der Waals surface area contributed by atoms with Crippen LogP contribution in [0.1, 0.15) is 25.7 Å². The fourth-order valence-corrected chi connectivity index (χ4v) is 1.84. The van der Waals surface area contributed by atoms with Crippen molar-refractivity contribution in [3.05, 3.63) is 0 Å². The first-order chi connectivity index (χ1) is 6.11. The predicted molar refractivity (Wildman–Crippen MR) is 50.5 cm³/mol. The number of likely N-dealkylation sites (tertiary alicyclic amines) is 1. The Balaban J connectivity index is 2.37. The lowest BCUT2D eigenvalue weighted by Crippen LogP contribution is -2.43. The molecule has 1 unspecified atom stereocenters. The first-order valence-corrected chi connectivity index (χ1v) is 4.80. The third kappa shape index (κ3) is 2.97. The van der Waals surface area contributed by atoms with E-state index in [-0.39, 0.29) is 0 Å². The molecule has 0 radical (unpaired) electrons. The minimum Gasteiger partial charge on any atom is -0.480 e. The third-order valence-electron chi connectivity index (χ3n) is 2.76. The molecule has 1 fully saturated rings. The number of aliphatic carboxylic acids is 1. The molecule has 1 rings (SSSR count). The molecule has 0 aromatic heterocycles. The van der Waals surface area contributed by atoms with Gasteiger partial charge in [-0.1, -0.05) is 6.42 Å². The monoisotopic (exact) mass is 186 g/mol. The number of nitrogens with two attached hydrogens (primary N) is 1. The predicted octanol–water partition coefficient (Wildman–Crippen LogP) is 0.273. The maximum atomic E-state index is 10.5. The summed E-state index contributed by atoms with van der Waals surface area (Å²) in [6.07, 6.45) is 4.07. The maximum Gasteiger partial charge on any atom is 0.320 e. The summed E-state index contributed by atoms with van der Waals surface area (Å²) in [5.41, 5.74) is 5.48. The van der Waals surface area contributed by atoms with Gasteiger partial charge in [-0.3, -0.25) is 4.79 Å². The summed E-state index contributed by atoms with van der Waals surface area (Å²) in [7, 11) is 2.04. The van der Waals surface area contributed by atoms with Crippen molar-refractivity contribution in [2.75, 3.05) is 13.6 Å². The molecule has 4 nitrogen and oxygen atoms in total. The molecule has 1 aliphatic heterocycles. The van der Waals surface area contributed by atoms with Crippen molar-refractivity contribution in [1.82, 2.24) is 4.90 Å². The van der Waals surface area contributed by atoms with Crippen LogP contribution in [0.3, 0.4) is 0 Å². The van der Waals surface area contributed by atoms with E-state index >= 15 is 0 Å². The van der Waals surface area contributed by atoms with Gasteiger partial charge in [0.2, 0.25) is 0 Å². The normalized spacial score (nSPS) is 27.1. The topological polar surface area (TPSA) is 66.6 Å². The standard InChI is InChI=1S/C9H18N2O2/c1-11-5-3-2-4-7(11)6-8(10)9(12)13/h7-8H,2-6,10H2,1H3,(H,12,13)/t7?,8-/m1/s1. The molecule has 76 valence electrons. The fraction of sp³-hybridized carbons (Fsp3) is 0.889. The molecule has 1 saturated heterocycles. The summed E-state index contributed by atoms with van der Waals surface area (Å²) in [5, 5.41) is 8.66. The highest BCUT2D eigenvalue weighted by atomic mass is 16.4. The van der Waals surface area contributed by atoms with E-state index in [1.807, 2.05) is 7.05 Å². The van der Waals surface area contributed by atoms with Crippen LogP contribution in [0.15, 0.2) is 0 Å². The van der Waals surface area contributed by atoms with Crippen molar-refractivity contribution < 1.29 is 9.90 Å². The molecular formula is C9H18N2O2. The van der Waals surface area contributed by atoms with Crippen molar-refractivity contribution in [1.29, 1.82) is 0 Å². The van der Waals surface area contributed by atoms with E-state index in [2.05, 4.69) is 4.90 Å². The Bertz CT molecular complexity index is 184. The molecule has 0 aliphatic carbocycles. The summed E-state index contributed by atoms with van der Waals surface area (Å²) < 4.78 is 0. The van der Waals surface area contributed by atoms with E-state index in [0.29, 0.717) is 12.5 Å². The molecule has 4 heteroatoms. The Morgan fingerprint density at radius 3 is 2.92 bits per heavy atom.